The molecule has 0 aliphatic heterocycles. The molecule has 0 amide bonds. The molecule has 0 aromatic carbocycles. The van der Waals surface area contributed by atoms with Crippen LogP contribution in [0.15, 0.2) is 10.7 Å². The summed E-state index contributed by atoms with van der Waals surface area (Å²) in [5.74, 6) is 0.702. The number of carbonyl (C=O) groups excluding carboxylic acids is 1. The van der Waals surface area contributed by atoms with Gasteiger partial charge in [-0.3, -0.25) is 9.78 Å². The van der Waals surface area contributed by atoms with E-state index in [0.29, 0.717) is 18.8 Å². The molecule has 1 heterocycles. The summed E-state index contributed by atoms with van der Waals surface area (Å²) in [5.41, 5.74) is 3.39. The number of hydrogen-bond donors (Lipinski definition) is 1. The van der Waals surface area contributed by atoms with Gasteiger partial charge in [-0.25, -0.2) is 0 Å². The lowest BCUT2D eigenvalue weighted by Gasteiger charge is -2.34. The molecule has 1 aromatic rings. The SMILES string of the molecule is CCCCC(CCc1c(C)ncc(Br)c1C)C(=O)CC(CC)C(C)(C)COC(C)O. The Morgan fingerprint density at radius 3 is 2.50 bits per heavy atom. The van der Waals surface area contributed by atoms with Gasteiger partial charge in [-0.05, 0) is 78.4 Å². The first kappa shape index (κ1) is 27.3. The summed E-state index contributed by atoms with van der Waals surface area (Å²) in [6, 6.07) is 0. The molecule has 0 bridgehead atoms. The van der Waals surface area contributed by atoms with Gasteiger partial charge in [0.1, 0.15) is 5.78 Å². The number of ether oxygens (including phenoxy) is 1. The molecule has 5 heteroatoms. The van der Waals surface area contributed by atoms with Crippen LogP contribution in [0.4, 0.5) is 0 Å². The molecule has 0 saturated heterocycles. The summed E-state index contributed by atoms with van der Waals surface area (Å²) in [7, 11) is 0. The minimum atomic E-state index is -0.778. The van der Waals surface area contributed by atoms with Crippen molar-refractivity contribution < 1.29 is 14.6 Å². The van der Waals surface area contributed by atoms with Gasteiger partial charge in [0.25, 0.3) is 0 Å². The van der Waals surface area contributed by atoms with Crippen LogP contribution in [0.5, 0.6) is 0 Å². The van der Waals surface area contributed by atoms with E-state index in [9.17, 15) is 9.90 Å². The predicted octanol–water partition coefficient (Wildman–Crippen LogP) is 6.57. The molecule has 0 aliphatic rings. The molecule has 1 N–H and O–H groups in total. The fourth-order valence-electron chi connectivity index (χ4n) is 4.18. The maximum atomic E-state index is 13.3. The van der Waals surface area contributed by atoms with Gasteiger partial charge in [0.2, 0.25) is 0 Å². The van der Waals surface area contributed by atoms with E-state index in [1.54, 1.807) is 6.92 Å². The number of nitrogens with zero attached hydrogens (tertiary/aromatic N) is 1. The number of carbonyl (C=O) groups is 1. The summed E-state index contributed by atoms with van der Waals surface area (Å²) in [6.07, 6.45) is 7.48. The molecule has 172 valence electrons. The highest BCUT2D eigenvalue weighted by Crippen LogP contribution is 2.35. The van der Waals surface area contributed by atoms with Crippen LogP contribution in [0, 0.1) is 31.1 Å². The van der Waals surface area contributed by atoms with Crippen molar-refractivity contribution in [3.8, 4) is 0 Å². The van der Waals surface area contributed by atoms with E-state index in [-0.39, 0.29) is 17.3 Å². The number of Topliss-reactive ketones (excluding diaryl/α,β-unsaturated/α-hetero) is 1. The maximum Gasteiger partial charge on any atom is 0.151 e. The van der Waals surface area contributed by atoms with E-state index >= 15 is 0 Å². The number of pyridine rings is 1. The number of unbranched alkanes of at least 4 members (excludes halogenated alkanes) is 1. The molecule has 0 radical (unpaired) electrons. The normalized spacial score (nSPS) is 15.1. The lowest BCUT2D eigenvalue weighted by atomic mass is 9.73. The fourth-order valence-corrected chi connectivity index (χ4v) is 4.53. The minimum Gasteiger partial charge on any atom is -0.368 e. The molecular formula is C25H42BrNO3. The highest BCUT2D eigenvalue weighted by molar-refractivity contribution is 9.10. The van der Waals surface area contributed by atoms with Crippen molar-refractivity contribution in [2.24, 2.45) is 17.3 Å². The molecule has 3 atom stereocenters. The Bertz CT molecular complexity index is 673. The second-order valence-electron chi connectivity index (χ2n) is 9.35. The molecule has 0 spiro atoms. The van der Waals surface area contributed by atoms with Crippen molar-refractivity contribution in [2.45, 2.75) is 99.7 Å². The quantitative estimate of drug-likeness (QED) is 0.304. The summed E-state index contributed by atoms with van der Waals surface area (Å²) in [4.78, 5) is 17.8. The Kier molecular flexibility index (Phi) is 11.7. The van der Waals surface area contributed by atoms with E-state index in [4.69, 9.17) is 4.74 Å². The maximum absolute atomic E-state index is 13.3. The average molecular weight is 485 g/mol. The first-order valence-electron chi connectivity index (χ1n) is 11.5. The second kappa shape index (κ2) is 12.9. The van der Waals surface area contributed by atoms with E-state index in [0.717, 1.165) is 48.7 Å². The van der Waals surface area contributed by atoms with Gasteiger partial charge in [0.15, 0.2) is 6.29 Å². The number of aryl methyl sites for hydroxylation is 1. The molecular weight excluding hydrogens is 442 g/mol. The average Bonchev–Trinajstić information content (AvgIpc) is 2.69. The van der Waals surface area contributed by atoms with Crippen molar-refractivity contribution in [2.75, 3.05) is 6.61 Å². The second-order valence-corrected chi connectivity index (χ2v) is 10.2. The lowest BCUT2D eigenvalue weighted by molar-refractivity contribution is -0.130. The standard InChI is InChI=1S/C25H42BrNO3/c1-8-10-11-20(12-13-22-17(3)23(26)15-27-18(22)4)24(29)14-21(9-2)25(6,7)16-30-19(5)28/h15,19-21,28H,8-14,16H2,1-7H3. The van der Waals surface area contributed by atoms with Crippen molar-refractivity contribution in [1.29, 1.82) is 0 Å². The molecule has 1 rings (SSSR count). The zero-order chi connectivity index (χ0) is 22.9. The van der Waals surface area contributed by atoms with Gasteiger partial charge >= 0.3 is 0 Å². The van der Waals surface area contributed by atoms with Crippen LogP contribution >= 0.6 is 15.9 Å². The Balaban J connectivity index is 2.89. The highest BCUT2D eigenvalue weighted by Gasteiger charge is 2.32. The summed E-state index contributed by atoms with van der Waals surface area (Å²) in [6.45, 7) is 14.9. The Hall–Kier alpha value is -0.780. The zero-order valence-corrected chi connectivity index (χ0v) is 21.6. The van der Waals surface area contributed by atoms with Gasteiger partial charge in [-0.1, -0.05) is 47.0 Å². The molecule has 1 aromatic heterocycles. The van der Waals surface area contributed by atoms with E-state index < -0.39 is 6.29 Å². The smallest absolute Gasteiger partial charge is 0.151 e. The predicted molar refractivity (Wildman–Crippen MR) is 128 cm³/mol. The van der Waals surface area contributed by atoms with Gasteiger partial charge < -0.3 is 9.84 Å². The number of ketones is 1. The number of hydrogen-bond acceptors (Lipinski definition) is 4. The number of aromatic nitrogens is 1. The Morgan fingerprint density at radius 2 is 1.93 bits per heavy atom. The molecule has 0 aliphatic carbocycles. The molecule has 0 fully saturated rings. The van der Waals surface area contributed by atoms with Crippen LogP contribution in [0.1, 0.15) is 90.0 Å². The zero-order valence-electron chi connectivity index (χ0n) is 20.1. The Morgan fingerprint density at radius 1 is 1.27 bits per heavy atom. The van der Waals surface area contributed by atoms with Crippen LogP contribution < -0.4 is 0 Å². The number of aliphatic hydroxyl groups excluding tert-OH is 1. The van der Waals surface area contributed by atoms with E-state index in [2.05, 4.69) is 62.5 Å². The monoisotopic (exact) mass is 483 g/mol. The van der Waals surface area contributed by atoms with E-state index in [1.807, 2.05) is 6.20 Å². The van der Waals surface area contributed by atoms with Crippen LogP contribution in [0.2, 0.25) is 0 Å². The van der Waals surface area contributed by atoms with Gasteiger partial charge in [-0.15, -0.1) is 0 Å². The molecule has 4 nitrogen and oxygen atoms in total. The Labute approximate surface area is 192 Å². The lowest BCUT2D eigenvalue weighted by Crippen LogP contribution is -2.33. The van der Waals surface area contributed by atoms with Gasteiger partial charge in [0.05, 0.1) is 6.61 Å². The molecule has 0 saturated carbocycles. The summed E-state index contributed by atoms with van der Waals surface area (Å²) < 4.78 is 6.50. The van der Waals surface area contributed by atoms with Crippen molar-refractivity contribution in [1.82, 2.24) is 4.98 Å². The van der Waals surface area contributed by atoms with Crippen LogP contribution in [-0.2, 0) is 16.0 Å². The number of halogens is 1. The summed E-state index contributed by atoms with van der Waals surface area (Å²) in [5, 5.41) is 9.48. The van der Waals surface area contributed by atoms with Crippen molar-refractivity contribution in [3.63, 3.8) is 0 Å². The third-order valence-electron chi connectivity index (χ3n) is 6.47. The fraction of sp³-hybridized carbons (Fsp3) is 0.760. The highest BCUT2D eigenvalue weighted by atomic mass is 79.9. The van der Waals surface area contributed by atoms with Gasteiger partial charge in [-0.2, -0.15) is 0 Å². The molecule has 3 unspecified atom stereocenters. The van der Waals surface area contributed by atoms with Crippen molar-refractivity contribution >= 4 is 21.7 Å². The first-order valence-corrected chi connectivity index (χ1v) is 12.3. The van der Waals surface area contributed by atoms with Crippen LogP contribution in [0.25, 0.3) is 0 Å². The topological polar surface area (TPSA) is 59.4 Å². The minimum absolute atomic E-state index is 0.0882. The largest absolute Gasteiger partial charge is 0.368 e. The van der Waals surface area contributed by atoms with Crippen LogP contribution in [0.3, 0.4) is 0 Å². The van der Waals surface area contributed by atoms with Gasteiger partial charge in [0, 0.05) is 28.7 Å². The molecule has 30 heavy (non-hydrogen) atoms. The first-order chi connectivity index (χ1) is 14.0. The number of aliphatic hydroxyl groups is 1. The third-order valence-corrected chi connectivity index (χ3v) is 7.27. The van der Waals surface area contributed by atoms with E-state index in [1.165, 1.54) is 11.1 Å². The van der Waals surface area contributed by atoms with Crippen LogP contribution in [-0.4, -0.2) is 28.8 Å². The summed E-state index contributed by atoms with van der Waals surface area (Å²) >= 11 is 3.59. The third kappa shape index (κ3) is 8.39. The number of rotatable bonds is 14. The van der Waals surface area contributed by atoms with Crippen molar-refractivity contribution in [3.05, 3.63) is 27.5 Å².